The van der Waals surface area contributed by atoms with Crippen molar-refractivity contribution >= 4 is 29.3 Å². The van der Waals surface area contributed by atoms with Crippen LogP contribution in [0.25, 0.3) is 0 Å². The second-order valence-corrected chi connectivity index (χ2v) is 5.02. The van der Waals surface area contributed by atoms with E-state index in [1.54, 1.807) is 23.4 Å². The first-order valence-electron chi connectivity index (χ1n) is 5.71. The van der Waals surface area contributed by atoms with Gasteiger partial charge in [0.15, 0.2) is 0 Å². The van der Waals surface area contributed by atoms with E-state index in [4.69, 9.17) is 5.73 Å². The van der Waals surface area contributed by atoms with Gasteiger partial charge in [-0.2, -0.15) is 4.40 Å². The highest BCUT2D eigenvalue weighted by Gasteiger charge is 2.24. The Hall–Kier alpha value is -2.21. The van der Waals surface area contributed by atoms with Crippen LogP contribution in [0.15, 0.2) is 46.0 Å². The summed E-state index contributed by atoms with van der Waals surface area (Å²) in [6.07, 6.45) is 3.42. The summed E-state index contributed by atoms with van der Waals surface area (Å²) in [7, 11) is 0. The van der Waals surface area contributed by atoms with Crippen LogP contribution in [0.2, 0.25) is 0 Å². The van der Waals surface area contributed by atoms with Crippen LogP contribution in [-0.2, 0) is 0 Å². The van der Waals surface area contributed by atoms with E-state index in [-0.39, 0.29) is 5.75 Å². The highest BCUT2D eigenvalue weighted by Crippen LogP contribution is 2.41. The van der Waals surface area contributed by atoms with Crippen LogP contribution >= 0.6 is 11.9 Å². The van der Waals surface area contributed by atoms with Crippen LogP contribution in [0.4, 0.5) is 11.4 Å². The molecule has 1 aliphatic heterocycles. The molecule has 0 fully saturated rings. The monoisotopic (exact) mass is 272 g/mol. The molecule has 0 bridgehead atoms. The summed E-state index contributed by atoms with van der Waals surface area (Å²) >= 11 is 1.28. The van der Waals surface area contributed by atoms with Gasteiger partial charge in [-0.05, 0) is 30.7 Å². The zero-order valence-electron chi connectivity index (χ0n) is 10.2. The summed E-state index contributed by atoms with van der Waals surface area (Å²) in [6, 6.07) is 7.22. The van der Waals surface area contributed by atoms with Gasteiger partial charge in [-0.3, -0.25) is 9.88 Å². The second-order valence-electron chi connectivity index (χ2n) is 4.21. The maximum absolute atomic E-state index is 10.1. The van der Waals surface area contributed by atoms with Crippen molar-refractivity contribution < 1.29 is 5.11 Å². The number of benzene rings is 1. The van der Waals surface area contributed by atoms with Crippen LogP contribution in [0.1, 0.15) is 5.56 Å². The maximum Gasteiger partial charge on any atom is 0.212 e. The first-order valence-corrected chi connectivity index (χ1v) is 6.48. The lowest BCUT2D eigenvalue weighted by Crippen LogP contribution is -2.35. The van der Waals surface area contributed by atoms with Crippen LogP contribution in [0, 0.1) is 6.92 Å². The quantitative estimate of drug-likeness (QED) is 0.780. The Balaban J connectivity index is 2.19. The van der Waals surface area contributed by atoms with Crippen molar-refractivity contribution in [3.63, 3.8) is 0 Å². The number of aromatic hydroxyl groups is 1. The van der Waals surface area contributed by atoms with E-state index < -0.39 is 0 Å². The van der Waals surface area contributed by atoms with Crippen molar-refractivity contribution in [3.8, 4) is 5.75 Å². The average molecular weight is 272 g/mol. The zero-order chi connectivity index (χ0) is 13.4. The van der Waals surface area contributed by atoms with E-state index in [2.05, 4.69) is 9.38 Å². The molecule has 0 saturated heterocycles. The Morgan fingerprint density at radius 3 is 2.95 bits per heavy atom. The van der Waals surface area contributed by atoms with E-state index in [1.165, 1.54) is 11.9 Å². The number of rotatable bonds is 1. The summed E-state index contributed by atoms with van der Waals surface area (Å²) in [5, 5.41) is 10.1. The molecule has 19 heavy (non-hydrogen) atoms. The molecule has 2 aromatic rings. The largest absolute Gasteiger partial charge is 0.506 e. The number of nitrogens with two attached hydrogens (primary N) is 1. The molecule has 2 heterocycles. The highest BCUT2D eigenvalue weighted by atomic mass is 32.2. The SMILES string of the molecule is Cc1ccc(O)c(N2C(N)=NSc3cnccc32)c1. The topological polar surface area (TPSA) is 74.7 Å². The summed E-state index contributed by atoms with van der Waals surface area (Å²) in [5.74, 6) is 0.503. The lowest BCUT2D eigenvalue weighted by Gasteiger charge is -2.28. The fourth-order valence-corrected chi connectivity index (χ4v) is 2.59. The highest BCUT2D eigenvalue weighted by molar-refractivity contribution is 7.98. The maximum atomic E-state index is 10.1. The van der Waals surface area contributed by atoms with E-state index in [0.717, 1.165) is 16.1 Å². The van der Waals surface area contributed by atoms with Gasteiger partial charge in [0.25, 0.3) is 0 Å². The minimum absolute atomic E-state index is 0.165. The molecule has 1 aromatic carbocycles. The number of pyridine rings is 1. The molecule has 1 aliphatic rings. The first kappa shape index (κ1) is 11.9. The number of anilines is 2. The van der Waals surface area contributed by atoms with Crippen molar-refractivity contribution in [1.82, 2.24) is 4.98 Å². The third-order valence-corrected chi connectivity index (χ3v) is 3.63. The number of nitrogens with zero attached hydrogens (tertiary/aromatic N) is 3. The molecule has 96 valence electrons. The Bertz CT molecular complexity index is 671. The van der Waals surface area contributed by atoms with E-state index in [0.29, 0.717) is 11.6 Å². The van der Waals surface area contributed by atoms with Crippen molar-refractivity contribution in [1.29, 1.82) is 0 Å². The molecule has 1 aromatic heterocycles. The Kier molecular flexibility index (Phi) is 2.79. The standard InChI is InChI=1S/C13H12N4OS/c1-8-2-3-11(18)10(6-8)17-9-4-5-15-7-12(9)19-16-13(17)14/h2-7,18H,1H3,(H2,14,16). The molecule has 6 heteroatoms. The van der Waals surface area contributed by atoms with E-state index in [1.807, 2.05) is 25.1 Å². The van der Waals surface area contributed by atoms with Gasteiger partial charge in [-0.1, -0.05) is 6.07 Å². The molecular weight excluding hydrogens is 260 g/mol. The first-order chi connectivity index (χ1) is 9.16. The summed E-state index contributed by atoms with van der Waals surface area (Å²) < 4.78 is 4.19. The van der Waals surface area contributed by atoms with Crippen molar-refractivity contribution in [2.75, 3.05) is 4.90 Å². The lowest BCUT2D eigenvalue weighted by molar-refractivity contribution is 0.476. The van der Waals surface area contributed by atoms with Crippen molar-refractivity contribution in [2.24, 2.45) is 10.1 Å². The molecule has 0 radical (unpaired) electrons. The van der Waals surface area contributed by atoms with Gasteiger partial charge < -0.3 is 10.8 Å². The van der Waals surface area contributed by atoms with Crippen LogP contribution in [-0.4, -0.2) is 16.1 Å². The smallest absolute Gasteiger partial charge is 0.212 e. The van der Waals surface area contributed by atoms with Gasteiger partial charge >= 0.3 is 0 Å². The zero-order valence-corrected chi connectivity index (χ0v) is 11.1. The van der Waals surface area contributed by atoms with Gasteiger partial charge in [0.05, 0.1) is 16.3 Å². The molecule has 0 spiro atoms. The number of aromatic nitrogens is 1. The number of phenols is 1. The second kappa shape index (κ2) is 4.47. The third kappa shape index (κ3) is 2.00. The lowest BCUT2D eigenvalue weighted by atomic mass is 10.2. The van der Waals surface area contributed by atoms with Gasteiger partial charge in [-0.25, -0.2) is 0 Å². The fraction of sp³-hybridized carbons (Fsp3) is 0.0769. The van der Waals surface area contributed by atoms with Crippen LogP contribution in [0.3, 0.4) is 0 Å². The Morgan fingerprint density at radius 1 is 1.26 bits per heavy atom. The Labute approximate surface area is 114 Å². The summed E-state index contributed by atoms with van der Waals surface area (Å²) in [4.78, 5) is 6.70. The Morgan fingerprint density at radius 2 is 2.11 bits per heavy atom. The average Bonchev–Trinajstić information content (AvgIpc) is 2.42. The number of fused-ring (bicyclic) bond motifs is 1. The number of phenolic OH excluding ortho intramolecular Hbond substituents is 1. The minimum atomic E-state index is 0.165. The molecule has 5 nitrogen and oxygen atoms in total. The van der Waals surface area contributed by atoms with Gasteiger partial charge in [0.1, 0.15) is 5.75 Å². The van der Waals surface area contributed by atoms with Gasteiger partial charge in [0.2, 0.25) is 5.96 Å². The normalized spacial score (nSPS) is 13.9. The third-order valence-electron chi connectivity index (χ3n) is 2.84. The number of hydrogen-bond acceptors (Lipinski definition) is 6. The van der Waals surface area contributed by atoms with Crippen LogP contribution < -0.4 is 10.6 Å². The van der Waals surface area contributed by atoms with Crippen molar-refractivity contribution in [3.05, 3.63) is 42.2 Å². The number of guanidine groups is 1. The van der Waals surface area contributed by atoms with Gasteiger partial charge in [0, 0.05) is 24.3 Å². The van der Waals surface area contributed by atoms with Crippen LogP contribution in [0.5, 0.6) is 5.75 Å². The predicted molar refractivity (Wildman–Crippen MR) is 76.7 cm³/mol. The molecule has 3 rings (SSSR count). The molecule has 0 aliphatic carbocycles. The molecule has 0 unspecified atom stereocenters. The molecule has 0 saturated carbocycles. The van der Waals surface area contributed by atoms with E-state index in [9.17, 15) is 5.11 Å². The number of aryl methyl sites for hydroxylation is 1. The van der Waals surface area contributed by atoms with E-state index >= 15 is 0 Å². The van der Waals surface area contributed by atoms with Gasteiger partial charge in [-0.15, -0.1) is 0 Å². The molecule has 3 N–H and O–H groups in total. The fourth-order valence-electron chi connectivity index (χ4n) is 1.95. The number of hydrogen-bond donors (Lipinski definition) is 2. The molecule has 0 atom stereocenters. The van der Waals surface area contributed by atoms with Crippen molar-refractivity contribution in [2.45, 2.75) is 11.8 Å². The molecule has 0 amide bonds. The molecular formula is C13H12N4OS. The minimum Gasteiger partial charge on any atom is -0.506 e. The summed E-state index contributed by atoms with van der Waals surface area (Å²) in [5.41, 5.74) is 8.49. The predicted octanol–water partition coefficient (Wildman–Crippen LogP) is 2.57. The summed E-state index contributed by atoms with van der Waals surface area (Å²) in [6.45, 7) is 1.96.